The first kappa shape index (κ1) is 13.3. The van der Waals surface area contributed by atoms with Gasteiger partial charge in [-0.15, -0.1) is 0 Å². The van der Waals surface area contributed by atoms with Crippen molar-refractivity contribution in [3.63, 3.8) is 0 Å². The summed E-state index contributed by atoms with van der Waals surface area (Å²) in [6, 6.07) is 6.29. The third-order valence-corrected chi connectivity index (χ3v) is 3.51. The highest BCUT2D eigenvalue weighted by Gasteiger charge is 2.07. The molecule has 0 bridgehead atoms. The third-order valence-electron chi connectivity index (χ3n) is 3.51. The maximum absolute atomic E-state index is 4.53. The Morgan fingerprint density at radius 3 is 2.90 bits per heavy atom. The summed E-state index contributed by atoms with van der Waals surface area (Å²) in [6.07, 6.45) is 15.8. The predicted octanol–water partition coefficient (Wildman–Crippen LogP) is 4.29. The predicted molar refractivity (Wildman–Crippen MR) is 87.0 cm³/mol. The molecule has 3 rings (SSSR count). The van der Waals surface area contributed by atoms with Gasteiger partial charge in [-0.3, -0.25) is 4.98 Å². The lowest BCUT2D eigenvalue weighted by molar-refractivity contribution is 1.13. The maximum Gasteiger partial charge on any atom is 0.155 e. The zero-order valence-electron chi connectivity index (χ0n) is 12.2. The lowest BCUT2D eigenvalue weighted by Gasteiger charge is -2.08. The van der Waals surface area contributed by atoms with Crippen molar-refractivity contribution in [3.8, 4) is 11.3 Å². The summed E-state index contributed by atoms with van der Waals surface area (Å²) in [5, 5.41) is 0. The number of fused-ring (bicyclic) bond motifs is 1. The largest absolute Gasteiger partial charge is 0.304 e. The molecule has 3 aromatic rings. The average Bonchev–Trinajstić information content (AvgIpc) is 2.96. The molecular weight excluding hydrogens is 258 g/mol. The summed E-state index contributed by atoms with van der Waals surface area (Å²) in [6.45, 7) is 4.14. The molecule has 3 nitrogen and oxygen atoms in total. The van der Waals surface area contributed by atoms with E-state index in [1.807, 2.05) is 35.9 Å². The van der Waals surface area contributed by atoms with Crippen LogP contribution in [0.5, 0.6) is 0 Å². The summed E-state index contributed by atoms with van der Waals surface area (Å²) in [5.74, 6) is 0. The number of aromatic nitrogens is 3. The fourth-order valence-electron chi connectivity index (χ4n) is 2.35. The Bertz CT molecular complexity index is 825. The van der Waals surface area contributed by atoms with Crippen LogP contribution in [0.25, 0.3) is 23.0 Å². The van der Waals surface area contributed by atoms with Gasteiger partial charge >= 0.3 is 0 Å². The van der Waals surface area contributed by atoms with Crippen molar-refractivity contribution in [1.29, 1.82) is 0 Å². The summed E-state index contributed by atoms with van der Waals surface area (Å²) in [5.41, 5.74) is 5.40. The van der Waals surface area contributed by atoms with Gasteiger partial charge in [0.25, 0.3) is 0 Å². The van der Waals surface area contributed by atoms with Crippen molar-refractivity contribution in [2.45, 2.75) is 13.8 Å². The van der Waals surface area contributed by atoms with E-state index in [1.54, 1.807) is 12.4 Å². The maximum atomic E-state index is 4.53. The SMILES string of the molecule is C/C=C/C=C/c1cccc(-c2cn3ccnc3cn2)c1C. The molecule has 0 radical (unpaired) electrons. The van der Waals surface area contributed by atoms with E-state index < -0.39 is 0 Å². The van der Waals surface area contributed by atoms with Gasteiger partial charge in [0.1, 0.15) is 0 Å². The first-order valence-electron chi connectivity index (χ1n) is 6.97. The monoisotopic (exact) mass is 275 g/mol. The molecule has 0 aliphatic carbocycles. The quantitative estimate of drug-likeness (QED) is 0.667. The minimum Gasteiger partial charge on any atom is -0.304 e. The Morgan fingerprint density at radius 2 is 2.05 bits per heavy atom. The van der Waals surface area contributed by atoms with Crippen LogP contribution in [-0.4, -0.2) is 14.4 Å². The van der Waals surface area contributed by atoms with Crippen molar-refractivity contribution in [1.82, 2.24) is 14.4 Å². The Hall–Kier alpha value is -2.68. The molecule has 0 saturated heterocycles. The first-order valence-corrected chi connectivity index (χ1v) is 6.97. The van der Waals surface area contributed by atoms with Gasteiger partial charge in [0.15, 0.2) is 5.65 Å². The van der Waals surface area contributed by atoms with E-state index in [-0.39, 0.29) is 0 Å². The van der Waals surface area contributed by atoms with Gasteiger partial charge in [-0.05, 0) is 25.0 Å². The van der Waals surface area contributed by atoms with Crippen LogP contribution in [0.15, 0.2) is 61.2 Å². The minimum absolute atomic E-state index is 0.862. The van der Waals surface area contributed by atoms with Crippen LogP contribution in [0.1, 0.15) is 18.1 Å². The molecule has 0 amide bonds. The molecule has 0 atom stereocenters. The van der Waals surface area contributed by atoms with Gasteiger partial charge in [0.2, 0.25) is 0 Å². The van der Waals surface area contributed by atoms with Gasteiger partial charge in [0, 0.05) is 24.2 Å². The second kappa shape index (κ2) is 5.75. The zero-order valence-corrected chi connectivity index (χ0v) is 12.2. The number of imidazole rings is 1. The Balaban J connectivity index is 2.07. The van der Waals surface area contributed by atoms with E-state index >= 15 is 0 Å². The molecular formula is C18H17N3. The molecule has 0 unspecified atom stereocenters. The van der Waals surface area contributed by atoms with Gasteiger partial charge in [-0.1, -0.05) is 42.5 Å². The highest BCUT2D eigenvalue weighted by atomic mass is 15.0. The summed E-state index contributed by atoms with van der Waals surface area (Å²) < 4.78 is 1.99. The van der Waals surface area contributed by atoms with Gasteiger partial charge in [-0.2, -0.15) is 0 Å². The van der Waals surface area contributed by atoms with Crippen molar-refractivity contribution in [3.05, 3.63) is 72.3 Å². The van der Waals surface area contributed by atoms with Crippen molar-refractivity contribution < 1.29 is 0 Å². The molecule has 0 aliphatic rings. The Kier molecular flexibility index (Phi) is 3.65. The summed E-state index contributed by atoms with van der Waals surface area (Å²) in [7, 11) is 0. The van der Waals surface area contributed by atoms with E-state index in [0.717, 1.165) is 16.9 Å². The number of benzene rings is 1. The highest BCUT2D eigenvalue weighted by Crippen LogP contribution is 2.25. The number of hydrogen-bond acceptors (Lipinski definition) is 2. The van der Waals surface area contributed by atoms with Gasteiger partial charge in [-0.25, -0.2) is 4.98 Å². The third kappa shape index (κ3) is 2.63. The molecule has 1 aromatic carbocycles. The van der Waals surface area contributed by atoms with E-state index in [1.165, 1.54) is 11.1 Å². The van der Waals surface area contributed by atoms with Crippen LogP contribution >= 0.6 is 0 Å². The fraction of sp³-hybridized carbons (Fsp3) is 0.111. The smallest absolute Gasteiger partial charge is 0.155 e. The molecule has 0 spiro atoms. The number of nitrogens with zero attached hydrogens (tertiary/aromatic N) is 3. The average molecular weight is 275 g/mol. The van der Waals surface area contributed by atoms with Crippen molar-refractivity contribution in [2.75, 3.05) is 0 Å². The van der Waals surface area contributed by atoms with E-state index in [4.69, 9.17) is 0 Å². The van der Waals surface area contributed by atoms with E-state index in [9.17, 15) is 0 Å². The molecule has 21 heavy (non-hydrogen) atoms. The fourth-order valence-corrected chi connectivity index (χ4v) is 2.35. The summed E-state index contributed by atoms with van der Waals surface area (Å²) in [4.78, 5) is 8.75. The normalized spacial score (nSPS) is 11.9. The Labute approximate surface area is 124 Å². The number of hydrogen-bond donors (Lipinski definition) is 0. The zero-order chi connectivity index (χ0) is 14.7. The molecule has 2 aromatic heterocycles. The second-order valence-corrected chi connectivity index (χ2v) is 4.87. The van der Waals surface area contributed by atoms with Gasteiger partial charge in [0.05, 0.1) is 11.9 Å². The van der Waals surface area contributed by atoms with Crippen LogP contribution in [-0.2, 0) is 0 Å². The van der Waals surface area contributed by atoms with Crippen molar-refractivity contribution in [2.24, 2.45) is 0 Å². The van der Waals surface area contributed by atoms with Crippen LogP contribution in [0.2, 0.25) is 0 Å². The molecule has 2 heterocycles. The Morgan fingerprint density at radius 1 is 1.14 bits per heavy atom. The molecule has 0 fully saturated rings. The molecule has 0 saturated carbocycles. The van der Waals surface area contributed by atoms with Crippen LogP contribution < -0.4 is 0 Å². The topological polar surface area (TPSA) is 30.2 Å². The molecule has 104 valence electrons. The number of rotatable bonds is 3. The second-order valence-electron chi connectivity index (χ2n) is 4.87. The molecule has 0 N–H and O–H groups in total. The highest BCUT2D eigenvalue weighted by molar-refractivity contribution is 5.70. The first-order chi connectivity index (χ1) is 10.3. The van der Waals surface area contributed by atoms with E-state index in [2.05, 4.69) is 47.2 Å². The van der Waals surface area contributed by atoms with E-state index in [0.29, 0.717) is 0 Å². The van der Waals surface area contributed by atoms with Crippen LogP contribution in [0.4, 0.5) is 0 Å². The molecule has 3 heteroatoms. The lowest BCUT2D eigenvalue weighted by Crippen LogP contribution is -1.93. The standard InChI is InChI=1S/C18H17N3/c1-3-4-5-7-15-8-6-9-16(14(15)2)17-13-21-11-10-19-18(21)12-20-17/h3-13H,1-2H3/b4-3+,7-5+. The molecule has 0 aliphatic heterocycles. The minimum atomic E-state index is 0.862. The summed E-state index contributed by atoms with van der Waals surface area (Å²) >= 11 is 0. The van der Waals surface area contributed by atoms with Gasteiger partial charge < -0.3 is 4.40 Å². The van der Waals surface area contributed by atoms with Crippen LogP contribution in [0.3, 0.4) is 0 Å². The van der Waals surface area contributed by atoms with Crippen LogP contribution in [0, 0.1) is 6.92 Å². The number of allylic oxidation sites excluding steroid dienone is 3. The van der Waals surface area contributed by atoms with Crippen molar-refractivity contribution >= 4 is 11.7 Å². The lowest BCUT2D eigenvalue weighted by atomic mass is 10.00.